The normalized spacial score (nSPS) is 16.4. The van der Waals surface area contributed by atoms with Crippen LogP contribution < -0.4 is 15.4 Å². The second-order valence-corrected chi connectivity index (χ2v) is 6.53. The molecular formula is C20H22N4O3. The SMILES string of the molecule is COc1cccc(-c2ccc3c(NC(=O)NCC4CCCO4)n[nH]c3c2)c1. The van der Waals surface area contributed by atoms with Gasteiger partial charge in [-0.15, -0.1) is 0 Å². The van der Waals surface area contributed by atoms with E-state index in [1.807, 2.05) is 42.5 Å². The first-order valence-electron chi connectivity index (χ1n) is 9.02. The van der Waals surface area contributed by atoms with Crippen LogP contribution in [0.25, 0.3) is 22.0 Å². The van der Waals surface area contributed by atoms with Gasteiger partial charge in [0.05, 0.1) is 18.7 Å². The molecule has 1 aliphatic rings. The number of methoxy groups -OCH3 is 1. The number of hydrogen-bond acceptors (Lipinski definition) is 4. The van der Waals surface area contributed by atoms with Crippen LogP contribution in [0, 0.1) is 0 Å². The van der Waals surface area contributed by atoms with E-state index in [0.717, 1.165) is 47.2 Å². The van der Waals surface area contributed by atoms with E-state index in [1.165, 1.54) is 0 Å². The lowest BCUT2D eigenvalue weighted by molar-refractivity contribution is 0.112. The number of nitrogens with zero attached hydrogens (tertiary/aromatic N) is 1. The van der Waals surface area contributed by atoms with Crippen molar-refractivity contribution >= 4 is 22.8 Å². The van der Waals surface area contributed by atoms with Gasteiger partial charge in [-0.2, -0.15) is 5.10 Å². The molecule has 1 saturated heterocycles. The zero-order chi connectivity index (χ0) is 18.6. The summed E-state index contributed by atoms with van der Waals surface area (Å²) in [4.78, 5) is 12.1. The maximum absolute atomic E-state index is 12.1. The van der Waals surface area contributed by atoms with Gasteiger partial charge in [0.25, 0.3) is 0 Å². The van der Waals surface area contributed by atoms with Crippen molar-refractivity contribution < 1.29 is 14.3 Å². The van der Waals surface area contributed by atoms with Crippen molar-refractivity contribution in [2.45, 2.75) is 18.9 Å². The van der Waals surface area contributed by atoms with Crippen molar-refractivity contribution in [1.29, 1.82) is 0 Å². The fourth-order valence-electron chi connectivity index (χ4n) is 3.26. The highest BCUT2D eigenvalue weighted by Gasteiger charge is 2.17. The predicted octanol–water partition coefficient (Wildman–Crippen LogP) is 3.54. The first-order chi connectivity index (χ1) is 13.2. The number of carbonyl (C=O) groups excluding carboxylic acids is 1. The molecule has 0 aliphatic carbocycles. The molecule has 0 saturated carbocycles. The summed E-state index contributed by atoms with van der Waals surface area (Å²) in [6, 6.07) is 13.5. The van der Waals surface area contributed by atoms with Gasteiger partial charge in [0.15, 0.2) is 5.82 Å². The number of carbonyl (C=O) groups is 1. The molecule has 1 aliphatic heterocycles. The lowest BCUT2D eigenvalue weighted by Crippen LogP contribution is -2.35. The number of H-pyrrole nitrogens is 1. The molecule has 1 fully saturated rings. The number of urea groups is 1. The van der Waals surface area contributed by atoms with E-state index in [1.54, 1.807) is 7.11 Å². The Kier molecular flexibility index (Phi) is 4.93. The van der Waals surface area contributed by atoms with Gasteiger partial charge in [-0.3, -0.25) is 10.4 Å². The number of amides is 2. The third-order valence-electron chi connectivity index (χ3n) is 4.71. The lowest BCUT2D eigenvalue weighted by atomic mass is 10.0. The Labute approximate surface area is 157 Å². The maximum Gasteiger partial charge on any atom is 0.320 e. The Morgan fingerprint density at radius 2 is 2.19 bits per heavy atom. The summed E-state index contributed by atoms with van der Waals surface area (Å²) in [5, 5.41) is 13.7. The van der Waals surface area contributed by atoms with Gasteiger partial charge in [-0.25, -0.2) is 4.79 Å². The van der Waals surface area contributed by atoms with Crippen molar-refractivity contribution in [3.63, 3.8) is 0 Å². The number of anilines is 1. The standard InChI is InChI=1S/C20H22N4O3/c1-26-15-5-2-4-13(10-15)14-7-8-17-18(11-14)23-24-19(17)22-20(25)21-12-16-6-3-9-27-16/h2,4-5,7-8,10-11,16H,3,6,9,12H2,1H3,(H3,21,22,23,24,25). The maximum atomic E-state index is 12.1. The zero-order valence-corrected chi connectivity index (χ0v) is 15.1. The molecule has 3 aromatic rings. The fourth-order valence-corrected chi connectivity index (χ4v) is 3.26. The van der Waals surface area contributed by atoms with Crippen LogP contribution >= 0.6 is 0 Å². The van der Waals surface area contributed by atoms with Gasteiger partial charge in [0, 0.05) is 18.5 Å². The van der Waals surface area contributed by atoms with Gasteiger partial charge in [0.1, 0.15) is 5.75 Å². The van der Waals surface area contributed by atoms with Crippen LogP contribution in [-0.2, 0) is 4.74 Å². The highest BCUT2D eigenvalue weighted by Crippen LogP contribution is 2.28. The van der Waals surface area contributed by atoms with Gasteiger partial charge in [-0.05, 0) is 48.2 Å². The van der Waals surface area contributed by atoms with Gasteiger partial charge >= 0.3 is 6.03 Å². The molecule has 2 heterocycles. The van der Waals surface area contributed by atoms with Crippen LogP contribution in [0.3, 0.4) is 0 Å². The number of benzene rings is 2. The highest BCUT2D eigenvalue weighted by molar-refractivity contribution is 6.00. The summed E-state index contributed by atoms with van der Waals surface area (Å²) in [7, 11) is 1.65. The Balaban J connectivity index is 1.47. The largest absolute Gasteiger partial charge is 0.497 e. The molecule has 1 aromatic heterocycles. The van der Waals surface area contributed by atoms with E-state index in [9.17, 15) is 4.79 Å². The molecule has 0 bridgehead atoms. The molecular weight excluding hydrogens is 344 g/mol. The molecule has 2 amide bonds. The van der Waals surface area contributed by atoms with Crippen LogP contribution in [0.1, 0.15) is 12.8 Å². The van der Waals surface area contributed by atoms with Crippen molar-refractivity contribution in [1.82, 2.24) is 15.5 Å². The minimum atomic E-state index is -0.282. The topological polar surface area (TPSA) is 88.3 Å². The number of ether oxygens (including phenoxy) is 2. The predicted molar refractivity (Wildman–Crippen MR) is 104 cm³/mol. The number of hydrogen-bond donors (Lipinski definition) is 3. The molecule has 1 atom stereocenters. The smallest absolute Gasteiger partial charge is 0.320 e. The summed E-state index contributed by atoms with van der Waals surface area (Å²) < 4.78 is 10.8. The fraction of sp³-hybridized carbons (Fsp3) is 0.300. The summed E-state index contributed by atoms with van der Waals surface area (Å²) >= 11 is 0. The molecule has 0 radical (unpaired) electrons. The quantitative estimate of drug-likeness (QED) is 0.644. The van der Waals surface area contributed by atoms with Crippen LogP contribution in [0.5, 0.6) is 5.75 Å². The summed E-state index contributed by atoms with van der Waals surface area (Å²) in [6.07, 6.45) is 2.14. The van der Waals surface area contributed by atoms with E-state index in [2.05, 4.69) is 20.8 Å². The van der Waals surface area contributed by atoms with Gasteiger partial charge in [-0.1, -0.05) is 18.2 Å². The lowest BCUT2D eigenvalue weighted by Gasteiger charge is -2.11. The molecule has 0 spiro atoms. The minimum Gasteiger partial charge on any atom is -0.497 e. The third-order valence-corrected chi connectivity index (χ3v) is 4.71. The number of aromatic nitrogens is 2. The summed E-state index contributed by atoms with van der Waals surface area (Å²) in [5.74, 6) is 1.31. The second kappa shape index (κ2) is 7.67. The highest BCUT2D eigenvalue weighted by atomic mass is 16.5. The average molecular weight is 366 g/mol. The van der Waals surface area contributed by atoms with Crippen LogP contribution in [0.2, 0.25) is 0 Å². The van der Waals surface area contributed by atoms with Crippen LogP contribution in [0.15, 0.2) is 42.5 Å². The van der Waals surface area contributed by atoms with Gasteiger partial charge in [0.2, 0.25) is 0 Å². The molecule has 27 heavy (non-hydrogen) atoms. The number of nitrogens with one attached hydrogen (secondary N) is 3. The van der Waals surface area contributed by atoms with Crippen molar-refractivity contribution in [2.75, 3.05) is 25.6 Å². The number of rotatable bonds is 5. The van der Waals surface area contributed by atoms with Crippen molar-refractivity contribution in [2.24, 2.45) is 0 Å². The monoisotopic (exact) mass is 366 g/mol. The Hall–Kier alpha value is -3.06. The number of aromatic amines is 1. The van der Waals surface area contributed by atoms with E-state index in [-0.39, 0.29) is 12.1 Å². The molecule has 1 unspecified atom stereocenters. The Bertz CT molecular complexity index is 947. The average Bonchev–Trinajstić information content (AvgIpc) is 3.36. The molecule has 2 aromatic carbocycles. The Morgan fingerprint density at radius 3 is 3.00 bits per heavy atom. The number of fused-ring (bicyclic) bond motifs is 1. The van der Waals surface area contributed by atoms with E-state index in [0.29, 0.717) is 12.4 Å². The van der Waals surface area contributed by atoms with E-state index in [4.69, 9.17) is 9.47 Å². The van der Waals surface area contributed by atoms with Crippen molar-refractivity contribution in [3.05, 3.63) is 42.5 Å². The molecule has 7 nitrogen and oxygen atoms in total. The first kappa shape index (κ1) is 17.4. The molecule has 7 heteroatoms. The summed E-state index contributed by atoms with van der Waals surface area (Å²) in [5.41, 5.74) is 2.94. The minimum absolute atomic E-state index is 0.108. The first-order valence-corrected chi connectivity index (χ1v) is 9.02. The van der Waals surface area contributed by atoms with Gasteiger partial charge < -0.3 is 14.8 Å². The van der Waals surface area contributed by atoms with Crippen LogP contribution in [-0.4, -0.2) is 42.6 Å². The van der Waals surface area contributed by atoms with Crippen LogP contribution in [0.4, 0.5) is 10.6 Å². The van der Waals surface area contributed by atoms with E-state index < -0.39 is 0 Å². The Morgan fingerprint density at radius 1 is 1.30 bits per heavy atom. The molecule has 4 rings (SSSR count). The second-order valence-electron chi connectivity index (χ2n) is 6.53. The zero-order valence-electron chi connectivity index (χ0n) is 15.1. The molecule has 3 N–H and O–H groups in total. The summed E-state index contributed by atoms with van der Waals surface area (Å²) in [6.45, 7) is 1.28. The molecule has 140 valence electrons. The van der Waals surface area contributed by atoms with E-state index >= 15 is 0 Å². The third kappa shape index (κ3) is 3.88. The van der Waals surface area contributed by atoms with Crippen molar-refractivity contribution in [3.8, 4) is 16.9 Å².